The third-order valence-electron chi connectivity index (χ3n) is 2.54. The molecule has 0 aromatic rings. The first-order valence-corrected chi connectivity index (χ1v) is 4.87. The van der Waals surface area contributed by atoms with Crippen LogP contribution in [0, 0.1) is 0 Å². The van der Waals surface area contributed by atoms with E-state index in [4.69, 9.17) is 9.84 Å². The summed E-state index contributed by atoms with van der Waals surface area (Å²) in [6, 6.07) is -0.802. The number of hydrogen-bond acceptors (Lipinski definition) is 5. The van der Waals surface area contributed by atoms with Crippen molar-refractivity contribution in [1.82, 2.24) is 5.32 Å². The lowest BCUT2D eigenvalue weighted by Gasteiger charge is -2.41. The molecule has 88 valence electrons. The molecule has 5 atom stereocenters. The highest BCUT2D eigenvalue weighted by Gasteiger charge is 2.42. The lowest BCUT2D eigenvalue weighted by Crippen LogP contribution is -2.63. The Morgan fingerprint density at radius 2 is 2.00 bits per heavy atom. The number of hydrogen-bond donors (Lipinski definition) is 4. The van der Waals surface area contributed by atoms with Gasteiger partial charge in [-0.3, -0.25) is 4.79 Å². The Hall–Kier alpha value is -0.690. The minimum Gasteiger partial charge on any atom is -0.394 e. The second-order valence-electron chi connectivity index (χ2n) is 3.77. The molecule has 6 heteroatoms. The third-order valence-corrected chi connectivity index (χ3v) is 2.54. The van der Waals surface area contributed by atoms with Crippen molar-refractivity contribution < 1.29 is 24.9 Å². The van der Waals surface area contributed by atoms with Gasteiger partial charge in [0.2, 0.25) is 5.91 Å². The van der Waals surface area contributed by atoms with Crippen LogP contribution in [0.4, 0.5) is 0 Å². The van der Waals surface area contributed by atoms with Crippen molar-refractivity contribution in [2.45, 2.75) is 44.3 Å². The van der Waals surface area contributed by atoms with Gasteiger partial charge in [0.05, 0.1) is 18.8 Å². The number of aliphatic hydroxyl groups excluding tert-OH is 3. The summed E-state index contributed by atoms with van der Waals surface area (Å²) >= 11 is 0. The van der Waals surface area contributed by atoms with Crippen molar-refractivity contribution in [1.29, 1.82) is 0 Å². The van der Waals surface area contributed by atoms with Gasteiger partial charge in [0, 0.05) is 6.92 Å². The normalized spacial score (nSPS) is 41.3. The van der Waals surface area contributed by atoms with Gasteiger partial charge in [-0.1, -0.05) is 0 Å². The van der Waals surface area contributed by atoms with Crippen LogP contribution < -0.4 is 5.32 Å². The predicted molar refractivity (Wildman–Crippen MR) is 51.0 cm³/mol. The van der Waals surface area contributed by atoms with Gasteiger partial charge in [0.25, 0.3) is 0 Å². The summed E-state index contributed by atoms with van der Waals surface area (Å²) in [7, 11) is 0. The summed E-state index contributed by atoms with van der Waals surface area (Å²) in [5, 5.41) is 30.8. The van der Waals surface area contributed by atoms with E-state index in [0.29, 0.717) is 0 Å². The van der Waals surface area contributed by atoms with Crippen molar-refractivity contribution in [3.05, 3.63) is 0 Å². The summed E-state index contributed by atoms with van der Waals surface area (Å²) < 4.78 is 5.17. The standard InChI is InChI=1S/C9H17NO5/c1-4-8(13)7(10-5(2)12)9(14)6(3-11)15-4/h4,6-9,11,13-14H,3H2,1-2H3,(H,10,12)/t4-,6?,7+,8?,9+/m0/s1. The van der Waals surface area contributed by atoms with Crippen molar-refractivity contribution in [3.8, 4) is 0 Å². The van der Waals surface area contributed by atoms with E-state index in [1.54, 1.807) is 6.92 Å². The smallest absolute Gasteiger partial charge is 0.217 e. The number of ether oxygens (including phenoxy) is 1. The topological polar surface area (TPSA) is 99.0 Å². The molecule has 4 N–H and O–H groups in total. The van der Waals surface area contributed by atoms with Crippen LogP contribution in [0.15, 0.2) is 0 Å². The number of rotatable bonds is 2. The Morgan fingerprint density at radius 1 is 1.40 bits per heavy atom. The Balaban J connectivity index is 2.74. The molecule has 1 amide bonds. The first-order valence-electron chi connectivity index (χ1n) is 4.87. The van der Waals surface area contributed by atoms with Crippen LogP contribution in [0.3, 0.4) is 0 Å². The molecule has 0 spiro atoms. The van der Waals surface area contributed by atoms with E-state index < -0.39 is 30.5 Å². The summed E-state index contributed by atoms with van der Waals surface area (Å²) in [6.45, 7) is 2.57. The van der Waals surface area contributed by atoms with Crippen LogP contribution in [0.5, 0.6) is 0 Å². The monoisotopic (exact) mass is 219 g/mol. The Bertz CT molecular complexity index is 235. The molecule has 6 nitrogen and oxygen atoms in total. The Kier molecular flexibility index (Phi) is 4.04. The molecule has 1 aliphatic heterocycles. The molecule has 15 heavy (non-hydrogen) atoms. The van der Waals surface area contributed by atoms with Crippen LogP contribution >= 0.6 is 0 Å². The number of carbonyl (C=O) groups excluding carboxylic acids is 1. The van der Waals surface area contributed by atoms with Crippen molar-refractivity contribution in [2.24, 2.45) is 0 Å². The molecule has 0 radical (unpaired) electrons. The summed E-state index contributed by atoms with van der Waals surface area (Å²) in [6.07, 6.45) is -3.40. The quantitative estimate of drug-likeness (QED) is 0.430. The molecule has 1 fully saturated rings. The van der Waals surface area contributed by atoms with Gasteiger partial charge in [-0.2, -0.15) is 0 Å². The summed E-state index contributed by atoms with van der Waals surface area (Å²) in [5.41, 5.74) is 0. The van der Waals surface area contributed by atoms with Gasteiger partial charge in [-0.25, -0.2) is 0 Å². The minimum absolute atomic E-state index is 0.344. The zero-order chi connectivity index (χ0) is 11.6. The van der Waals surface area contributed by atoms with E-state index in [0.717, 1.165) is 0 Å². The average Bonchev–Trinajstić information content (AvgIpc) is 2.18. The zero-order valence-electron chi connectivity index (χ0n) is 8.75. The number of amides is 1. The largest absolute Gasteiger partial charge is 0.394 e. The van der Waals surface area contributed by atoms with Gasteiger partial charge in [-0.15, -0.1) is 0 Å². The molecule has 2 unspecified atom stereocenters. The molecule has 0 aromatic carbocycles. The highest BCUT2D eigenvalue weighted by Crippen LogP contribution is 2.20. The molecule has 1 aliphatic rings. The molecule has 0 aromatic heterocycles. The number of nitrogens with one attached hydrogen (secondary N) is 1. The maximum Gasteiger partial charge on any atom is 0.217 e. The molecular formula is C9H17NO5. The fourth-order valence-corrected chi connectivity index (χ4v) is 1.72. The van der Waals surface area contributed by atoms with Gasteiger partial charge in [-0.05, 0) is 6.92 Å². The van der Waals surface area contributed by atoms with Crippen LogP contribution in [-0.2, 0) is 9.53 Å². The molecule has 1 saturated heterocycles. The Morgan fingerprint density at radius 3 is 2.47 bits per heavy atom. The lowest BCUT2D eigenvalue weighted by atomic mass is 9.93. The average molecular weight is 219 g/mol. The molecule has 1 heterocycles. The fraction of sp³-hybridized carbons (Fsp3) is 0.889. The van der Waals surface area contributed by atoms with E-state index in [-0.39, 0.29) is 12.5 Å². The summed E-state index contributed by atoms with van der Waals surface area (Å²) in [4.78, 5) is 10.9. The van der Waals surface area contributed by atoms with Gasteiger partial charge < -0.3 is 25.4 Å². The van der Waals surface area contributed by atoms with E-state index in [2.05, 4.69) is 5.32 Å². The third kappa shape index (κ3) is 2.66. The van der Waals surface area contributed by atoms with Crippen LogP contribution in [-0.4, -0.2) is 58.3 Å². The zero-order valence-corrected chi connectivity index (χ0v) is 8.75. The number of carbonyl (C=O) groups is 1. The van der Waals surface area contributed by atoms with Crippen LogP contribution in [0.25, 0.3) is 0 Å². The first kappa shape index (κ1) is 12.4. The second-order valence-corrected chi connectivity index (χ2v) is 3.77. The maximum absolute atomic E-state index is 10.9. The Labute approximate surface area is 87.9 Å². The van der Waals surface area contributed by atoms with E-state index in [1.807, 2.05) is 0 Å². The predicted octanol–water partition coefficient (Wildman–Crippen LogP) is -2.01. The minimum atomic E-state index is -1.11. The molecule has 0 saturated carbocycles. The van der Waals surface area contributed by atoms with Crippen LogP contribution in [0.1, 0.15) is 13.8 Å². The molecule has 1 rings (SSSR count). The summed E-state index contributed by atoms with van der Waals surface area (Å²) in [5.74, 6) is -0.344. The fourth-order valence-electron chi connectivity index (χ4n) is 1.72. The molecule has 0 aliphatic carbocycles. The first-order chi connectivity index (χ1) is 6.97. The highest BCUT2D eigenvalue weighted by molar-refractivity contribution is 5.73. The van der Waals surface area contributed by atoms with Crippen molar-refractivity contribution >= 4 is 5.91 Å². The van der Waals surface area contributed by atoms with Gasteiger partial charge in [0.15, 0.2) is 0 Å². The van der Waals surface area contributed by atoms with Gasteiger partial charge in [0.1, 0.15) is 18.3 Å². The van der Waals surface area contributed by atoms with Gasteiger partial charge >= 0.3 is 0 Å². The van der Waals surface area contributed by atoms with Crippen molar-refractivity contribution in [3.63, 3.8) is 0 Å². The SMILES string of the molecule is CC(=O)N[C@@H]1C(O)[C@H](C)OC(CO)[C@H]1O. The number of aliphatic hydroxyl groups is 3. The highest BCUT2D eigenvalue weighted by atomic mass is 16.5. The van der Waals surface area contributed by atoms with E-state index in [1.165, 1.54) is 6.92 Å². The lowest BCUT2D eigenvalue weighted by molar-refractivity contribution is -0.189. The molecular weight excluding hydrogens is 202 g/mol. The maximum atomic E-state index is 10.9. The van der Waals surface area contributed by atoms with Crippen molar-refractivity contribution in [2.75, 3.05) is 6.61 Å². The molecule has 0 bridgehead atoms. The van der Waals surface area contributed by atoms with Crippen LogP contribution in [0.2, 0.25) is 0 Å². The second kappa shape index (κ2) is 4.89. The van der Waals surface area contributed by atoms with E-state index in [9.17, 15) is 15.0 Å². The van der Waals surface area contributed by atoms with E-state index >= 15 is 0 Å².